The molecule has 0 spiro atoms. The van der Waals surface area contributed by atoms with Crippen molar-refractivity contribution < 1.29 is 14.3 Å². The van der Waals surface area contributed by atoms with Crippen molar-refractivity contribution in [3.05, 3.63) is 52.5 Å². The minimum atomic E-state index is -0.282. The summed E-state index contributed by atoms with van der Waals surface area (Å²) in [6, 6.07) is 10.3. The van der Waals surface area contributed by atoms with Gasteiger partial charge >= 0.3 is 0 Å². The molecule has 2 amide bonds. The fraction of sp³-hybridized carbons (Fsp3) is 0.333. The molecule has 7 heteroatoms. The van der Waals surface area contributed by atoms with E-state index < -0.39 is 0 Å². The summed E-state index contributed by atoms with van der Waals surface area (Å²) < 4.78 is 5.29. The number of benzene rings is 2. The molecule has 2 aliphatic rings. The molecule has 1 saturated heterocycles. The number of nitrogens with one attached hydrogen (secondary N) is 1. The lowest BCUT2D eigenvalue weighted by molar-refractivity contribution is 0.0589. The second-order valence-corrected chi connectivity index (χ2v) is 7.55. The van der Waals surface area contributed by atoms with E-state index >= 15 is 0 Å². The first kappa shape index (κ1) is 18.6. The van der Waals surface area contributed by atoms with E-state index in [1.165, 1.54) is 7.11 Å². The number of anilines is 2. The van der Waals surface area contributed by atoms with Gasteiger partial charge in [0.2, 0.25) is 0 Å². The molecule has 0 bridgehead atoms. The monoisotopic (exact) mass is 399 g/mol. The number of nitrogens with zero attached hydrogens (tertiary/aromatic N) is 2. The van der Waals surface area contributed by atoms with Crippen molar-refractivity contribution in [2.75, 3.05) is 30.9 Å². The van der Waals surface area contributed by atoms with Crippen LogP contribution in [-0.2, 0) is 0 Å². The lowest BCUT2D eigenvalue weighted by Gasteiger charge is -2.46. The number of hydrogen-bond donors (Lipinski definition) is 1. The number of fused-ring (bicyclic) bond motifs is 2. The van der Waals surface area contributed by atoms with Crippen LogP contribution in [0.15, 0.2) is 36.4 Å². The van der Waals surface area contributed by atoms with Crippen molar-refractivity contribution in [1.82, 2.24) is 4.90 Å². The third-order valence-corrected chi connectivity index (χ3v) is 5.69. The van der Waals surface area contributed by atoms with E-state index in [9.17, 15) is 9.59 Å². The SMILES string of the molecule is COc1ccc(Cl)cc1NC(=O)c1ccc2c(c1)N(C)C1CCCCN1C2=O. The number of carbonyl (C=O) groups is 2. The molecule has 2 aliphatic heterocycles. The van der Waals surface area contributed by atoms with Crippen molar-refractivity contribution in [1.29, 1.82) is 0 Å². The van der Waals surface area contributed by atoms with Crippen LogP contribution in [-0.4, -0.2) is 43.6 Å². The lowest BCUT2D eigenvalue weighted by Crippen LogP contribution is -2.55. The Morgan fingerprint density at radius 3 is 2.82 bits per heavy atom. The Balaban J connectivity index is 1.64. The fourth-order valence-corrected chi connectivity index (χ4v) is 4.16. The second-order valence-electron chi connectivity index (χ2n) is 7.12. The minimum Gasteiger partial charge on any atom is -0.495 e. The summed E-state index contributed by atoms with van der Waals surface area (Å²) in [5.74, 6) is 0.289. The van der Waals surface area contributed by atoms with Crippen molar-refractivity contribution in [3.63, 3.8) is 0 Å². The zero-order chi connectivity index (χ0) is 19.8. The summed E-state index contributed by atoms with van der Waals surface area (Å²) in [5, 5.41) is 3.35. The smallest absolute Gasteiger partial charge is 0.257 e. The van der Waals surface area contributed by atoms with E-state index in [1.807, 2.05) is 11.9 Å². The van der Waals surface area contributed by atoms with Crippen molar-refractivity contribution >= 4 is 34.8 Å². The van der Waals surface area contributed by atoms with E-state index in [1.54, 1.807) is 36.4 Å². The van der Waals surface area contributed by atoms with Crippen LogP contribution < -0.4 is 15.0 Å². The second kappa shape index (κ2) is 7.36. The molecule has 4 rings (SSSR count). The Morgan fingerprint density at radius 2 is 2.04 bits per heavy atom. The zero-order valence-electron chi connectivity index (χ0n) is 15.9. The number of hydrogen-bond acceptors (Lipinski definition) is 4. The molecule has 0 aliphatic carbocycles. The van der Waals surface area contributed by atoms with Gasteiger partial charge in [-0.15, -0.1) is 0 Å². The maximum absolute atomic E-state index is 12.9. The van der Waals surface area contributed by atoms with Gasteiger partial charge in [-0.1, -0.05) is 11.6 Å². The van der Waals surface area contributed by atoms with E-state index in [0.29, 0.717) is 27.6 Å². The quantitative estimate of drug-likeness (QED) is 0.847. The summed E-state index contributed by atoms with van der Waals surface area (Å²) >= 11 is 6.04. The van der Waals surface area contributed by atoms with E-state index in [0.717, 1.165) is 31.5 Å². The molecule has 28 heavy (non-hydrogen) atoms. The molecule has 0 saturated carbocycles. The summed E-state index contributed by atoms with van der Waals surface area (Å²) in [4.78, 5) is 29.7. The number of ether oxygens (including phenoxy) is 1. The number of amides is 2. The molecule has 2 aromatic carbocycles. The first-order chi connectivity index (χ1) is 13.5. The van der Waals surface area contributed by atoms with Gasteiger partial charge in [-0.05, 0) is 55.7 Å². The molecule has 2 heterocycles. The number of rotatable bonds is 3. The normalized spacial score (nSPS) is 18.4. The van der Waals surface area contributed by atoms with Gasteiger partial charge < -0.3 is 19.9 Å². The third kappa shape index (κ3) is 3.18. The third-order valence-electron chi connectivity index (χ3n) is 5.46. The van der Waals surface area contributed by atoms with Crippen molar-refractivity contribution in [2.45, 2.75) is 25.4 Å². The largest absolute Gasteiger partial charge is 0.495 e. The summed E-state index contributed by atoms with van der Waals surface area (Å²) in [5.41, 5.74) is 2.40. The molecule has 1 fully saturated rings. The van der Waals surface area contributed by atoms with E-state index in [2.05, 4.69) is 10.2 Å². The average Bonchev–Trinajstić information content (AvgIpc) is 2.72. The molecule has 146 valence electrons. The first-order valence-corrected chi connectivity index (χ1v) is 9.70. The Labute approximate surface area is 169 Å². The Morgan fingerprint density at radius 1 is 1.21 bits per heavy atom. The molecular formula is C21H22ClN3O3. The molecular weight excluding hydrogens is 378 g/mol. The number of methoxy groups -OCH3 is 1. The molecule has 2 aromatic rings. The molecule has 1 unspecified atom stereocenters. The molecule has 1 N–H and O–H groups in total. The van der Waals surface area contributed by atoms with Gasteiger partial charge in [0.15, 0.2) is 0 Å². The predicted octanol–water partition coefficient (Wildman–Crippen LogP) is 4.00. The van der Waals surface area contributed by atoms with Gasteiger partial charge in [-0.3, -0.25) is 9.59 Å². The Kier molecular flexibility index (Phi) is 4.89. The standard InChI is InChI=1S/C21H22ClN3O3/c1-24-17-11-13(20(26)23-16-12-14(22)7-9-18(16)28-2)6-8-15(17)21(27)25-10-4-3-5-19(24)25/h6-9,11-12,19H,3-5,10H2,1-2H3,(H,23,26). The number of halogens is 1. The van der Waals surface area contributed by atoms with E-state index in [4.69, 9.17) is 16.3 Å². The van der Waals surface area contributed by atoms with Crippen molar-refractivity contribution in [2.24, 2.45) is 0 Å². The maximum Gasteiger partial charge on any atom is 0.257 e. The van der Waals surface area contributed by atoms with E-state index in [-0.39, 0.29) is 18.0 Å². The minimum absolute atomic E-state index is 0.0428. The van der Waals surface area contributed by atoms with Crippen molar-refractivity contribution in [3.8, 4) is 5.75 Å². The average molecular weight is 400 g/mol. The van der Waals surface area contributed by atoms with Gasteiger partial charge in [0.25, 0.3) is 11.8 Å². The summed E-state index contributed by atoms with van der Waals surface area (Å²) in [6.45, 7) is 0.782. The molecule has 1 atom stereocenters. The van der Waals surface area contributed by atoms with Crippen LogP contribution in [0.4, 0.5) is 11.4 Å². The maximum atomic E-state index is 12.9. The highest BCUT2D eigenvalue weighted by molar-refractivity contribution is 6.31. The highest BCUT2D eigenvalue weighted by Crippen LogP contribution is 2.35. The topological polar surface area (TPSA) is 61.9 Å². The van der Waals surface area contributed by atoms with Crippen LogP contribution in [0.5, 0.6) is 5.75 Å². The highest BCUT2D eigenvalue weighted by Gasteiger charge is 2.37. The lowest BCUT2D eigenvalue weighted by atomic mass is 9.97. The van der Waals surface area contributed by atoms with Gasteiger partial charge in [0.05, 0.1) is 24.0 Å². The highest BCUT2D eigenvalue weighted by atomic mass is 35.5. The summed E-state index contributed by atoms with van der Waals surface area (Å²) in [7, 11) is 3.52. The van der Waals surface area contributed by atoms with Crippen LogP contribution in [0, 0.1) is 0 Å². The predicted molar refractivity (Wildman–Crippen MR) is 109 cm³/mol. The van der Waals surface area contributed by atoms with Crippen LogP contribution in [0.1, 0.15) is 40.0 Å². The Bertz CT molecular complexity index is 946. The van der Waals surface area contributed by atoms with Gasteiger partial charge in [0.1, 0.15) is 11.9 Å². The zero-order valence-corrected chi connectivity index (χ0v) is 16.6. The van der Waals surface area contributed by atoms with Crippen LogP contribution in [0.3, 0.4) is 0 Å². The van der Waals surface area contributed by atoms with Crippen LogP contribution in [0.25, 0.3) is 0 Å². The first-order valence-electron chi connectivity index (χ1n) is 9.32. The molecule has 0 radical (unpaired) electrons. The van der Waals surface area contributed by atoms with Gasteiger partial charge in [-0.2, -0.15) is 0 Å². The number of piperidine rings is 1. The van der Waals surface area contributed by atoms with Crippen LogP contribution in [0.2, 0.25) is 5.02 Å². The number of carbonyl (C=O) groups excluding carboxylic acids is 2. The van der Waals surface area contributed by atoms with Gasteiger partial charge in [-0.25, -0.2) is 0 Å². The summed E-state index contributed by atoms with van der Waals surface area (Å²) in [6.07, 6.45) is 3.13. The molecule has 6 nitrogen and oxygen atoms in total. The Hall–Kier alpha value is -2.73. The molecule has 0 aromatic heterocycles. The van der Waals surface area contributed by atoms with Crippen LogP contribution >= 0.6 is 11.6 Å². The fourth-order valence-electron chi connectivity index (χ4n) is 3.99. The van der Waals surface area contributed by atoms with Gasteiger partial charge in [0, 0.05) is 24.2 Å².